The van der Waals surface area contributed by atoms with E-state index in [2.05, 4.69) is 5.32 Å². The summed E-state index contributed by atoms with van der Waals surface area (Å²) in [6.45, 7) is 5.78. The number of esters is 1. The molecular weight excluding hydrogens is 430 g/mol. The van der Waals surface area contributed by atoms with E-state index >= 15 is 0 Å². The second kappa shape index (κ2) is 11.6. The summed E-state index contributed by atoms with van der Waals surface area (Å²) in [4.78, 5) is 13.4. The molecule has 0 aromatic heterocycles. The number of hydrogen-bond donors (Lipinski definition) is 1. The molecule has 0 radical (unpaired) electrons. The predicted molar refractivity (Wildman–Crippen MR) is 133 cm³/mol. The Labute approximate surface area is 201 Å². The van der Waals surface area contributed by atoms with Crippen molar-refractivity contribution in [1.82, 2.24) is 0 Å². The quantitative estimate of drug-likeness (QED) is 0.384. The van der Waals surface area contributed by atoms with E-state index in [9.17, 15) is 4.79 Å². The van der Waals surface area contributed by atoms with Gasteiger partial charge >= 0.3 is 5.97 Å². The number of methoxy groups -OCH3 is 2. The molecular formula is C28H33NO5. The summed E-state index contributed by atoms with van der Waals surface area (Å²) in [5, 5.41) is 3.47. The highest BCUT2D eigenvalue weighted by Gasteiger charge is 2.34. The molecule has 0 spiro atoms. The molecule has 0 unspecified atom stereocenters. The number of rotatable bonds is 10. The first kappa shape index (κ1) is 25.1. The number of hydrogen-bond acceptors (Lipinski definition) is 6. The summed E-state index contributed by atoms with van der Waals surface area (Å²) in [7, 11) is 3.25. The summed E-state index contributed by atoms with van der Waals surface area (Å²) < 4.78 is 22.5. The highest BCUT2D eigenvalue weighted by Crippen LogP contribution is 2.29. The van der Waals surface area contributed by atoms with Gasteiger partial charge in [0.15, 0.2) is 6.10 Å². The van der Waals surface area contributed by atoms with Gasteiger partial charge in [-0.2, -0.15) is 0 Å². The maximum Gasteiger partial charge on any atom is 0.338 e. The molecule has 0 saturated heterocycles. The zero-order valence-corrected chi connectivity index (χ0v) is 20.4. The molecule has 3 aromatic carbocycles. The topological polar surface area (TPSA) is 66.0 Å². The standard InChI is InChI=1S/C28H33NO5/c1-28(2,3)34-27(30)26(33-19-20-11-15-23(31-4)16-12-20)25(21-9-7-6-8-10-21)29-22-13-17-24(32-5)18-14-22/h6-18,25-26,29H,19H2,1-5H3/t25-,26-/m0/s1. The van der Waals surface area contributed by atoms with E-state index in [0.717, 1.165) is 28.3 Å². The molecule has 1 N–H and O–H groups in total. The lowest BCUT2D eigenvalue weighted by molar-refractivity contribution is -0.170. The van der Waals surface area contributed by atoms with Crippen LogP contribution < -0.4 is 14.8 Å². The Bertz CT molecular complexity index is 1030. The van der Waals surface area contributed by atoms with Gasteiger partial charge in [-0.15, -0.1) is 0 Å². The van der Waals surface area contributed by atoms with Crippen LogP contribution in [0.5, 0.6) is 11.5 Å². The molecule has 34 heavy (non-hydrogen) atoms. The third-order valence-electron chi connectivity index (χ3n) is 5.10. The van der Waals surface area contributed by atoms with Crippen LogP contribution in [0.1, 0.15) is 37.9 Å². The minimum Gasteiger partial charge on any atom is -0.497 e. The number of benzene rings is 3. The Hall–Kier alpha value is -3.51. The lowest BCUT2D eigenvalue weighted by atomic mass is 10.00. The van der Waals surface area contributed by atoms with Gasteiger partial charge in [-0.1, -0.05) is 42.5 Å². The highest BCUT2D eigenvalue weighted by molar-refractivity contribution is 5.77. The molecule has 3 aromatic rings. The first-order chi connectivity index (χ1) is 16.3. The molecule has 0 aliphatic heterocycles. The molecule has 6 nitrogen and oxygen atoms in total. The summed E-state index contributed by atoms with van der Waals surface area (Å²) in [5.41, 5.74) is 2.01. The number of anilines is 1. The van der Waals surface area contributed by atoms with Crippen LogP contribution in [0.3, 0.4) is 0 Å². The summed E-state index contributed by atoms with van der Waals surface area (Å²) in [6, 6.07) is 24.4. The number of carbonyl (C=O) groups is 1. The lowest BCUT2D eigenvalue weighted by Crippen LogP contribution is -2.40. The van der Waals surface area contributed by atoms with Gasteiger partial charge in [-0.3, -0.25) is 0 Å². The van der Waals surface area contributed by atoms with E-state index in [4.69, 9.17) is 18.9 Å². The van der Waals surface area contributed by atoms with Crippen LogP contribution in [-0.4, -0.2) is 31.9 Å². The van der Waals surface area contributed by atoms with E-state index in [1.54, 1.807) is 14.2 Å². The average molecular weight is 464 g/mol. The van der Waals surface area contributed by atoms with Crippen molar-refractivity contribution in [3.63, 3.8) is 0 Å². The third-order valence-corrected chi connectivity index (χ3v) is 5.10. The van der Waals surface area contributed by atoms with Crippen LogP contribution in [0.15, 0.2) is 78.9 Å². The minimum absolute atomic E-state index is 0.238. The molecule has 0 bridgehead atoms. The molecule has 0 heterocycles. The second-order valence-electron chi connectivity index (χ2n) is 8.87. The second-order valence-corrected chi connectivity index (χ2v) is 8.87. The molecule has 3 rings (SSSR count). The van der Waals surface area contributed by atoms with Crippen molar-refractivity contribution in [2.45, 2.75) is 45.1 Å². The predicted octanol–water partition coefficient (Wildman–Crippen LogP) is 5.78. The van der Waals surface area contributed by atoms with E-state index in [0.29, 0.717) is 0 Å². The normalized spacial score (nSPS) is 13.0. The van der Waals surface area contributed by atoms with Gasteiger partial charge in [0.1, 0.15) is 17.1 Å². The first-order valence-electron chi connectivity index (χ1n) is 11.2. The average Bonchev–Trinajstić information content (AvgIpc) is 2.83. The summed E-state index contributed by atoms with van der Waals surface area (Å²) in [5.74, 6) is 1.08. The fourth-order valence-electron chi connectivity index (χ4n) is 3.43. The number of nitrogens with one attached hydrogen (secondary N) is 1. The Kier molecular flexibility index (Phi) is 8.55. The summed E-state index contributed by atoms with van der Waals surface area (Å²) in [6.07, 6.45) is -0.897. The largest absolute Gasteiger partial charge is 0.497 e. The molecule has 2 atom stereocenters. The van der Waals surface area contributed by atoms with Crippen molar-refractivity contribution >= 4 is 11.7 Å². The van der Waals surface area contributed by atoms with Gasteiger partial charge in [0, 0.05) is 5.69 Å². The molecule has 0 saturated carbocycles. The molecule has 0 amide bonds. The molecule has 0 fully saturated rings. The van der Waals surface area contributed by atoms with Gasteiger partial charge in [0.2, 0.25) is 0 Å². The lowest BCUT2D eigenvalue weighted by Gasteiger charge is -2.31. The van der Waals surface area contributed by atoms with E-state index in [1.807, 2.05) is 99.6 Å². The smallest absolute Gasteiger partial charge is 0.338 e. The van der Waals surface area contributed by atoms with Gasteiger partial charge in [-0.05, 0) is 68.3 Å². The Morgan fingerprint density at radius 3 is 1.91 bits per heavy atom. The maximum atomic E-state index is 13.4. The van der Waals surface area contributed by atoms with Gasteiger partial charge in [0.25, 0.3) is 0 Å². The van der Waals surface area contributed by atoms with Gasteiger partial charge in [-0.25, -0.2) is 4.79 Å². The molecule has 6 heteroatoms. The molecule has 0 aliphatic carbocycles. The van der Waals surface area contributed by atoms with E-state index < -0.39 is 23.7 Å². The van der Waals surface area contributed by atoms with Crippen LogP contribution in [0.4, 0.5) is 5.69 Å². The number of ether oxygens (including phenoxy) is 4. The monoisotopic (exact) mass is 463 g/mol. The van der Waals surface area contributed by atoms with Gasteiger partial charge in [0.05, 0.1) is 26.9 Å². The van der Waals surface area contributed by atoms with Crippen molar-refractivity contribution < 1.29 is 23.7 Å². The van der Waals surface area contributed by atoms with Crippen molar-refractivity contribution in [2.24, 2.45) is 0 Å². The SMILES string of the molecule is COc1ccc(CO[C@H](C(=O)OC(C)(C)C)[C@@H](Nc2ccc(OC)cc2)c2ccccc2)cc1. The van der Waals surface area contributed by atoms with Crippen LogP contribution in [0.25, 0.3) is 0 Å². The van der Waals surface area contributed by atoms with Crippen molar-refractivity contribution in [3.05, 3.63) is 90.0 Å². The molecule has 0 aliphatic rings. The van der Waals surface area contributed by atoms with Crippen LogP contribution in [0.2, 0.25) is 0 Å². The maximum absolute atomic E-state index is 13.4. The van der Waals surface area contributed by atoms with Crippen LogP contribution in [-0.2, 0) is 20.9 Å². The van der Waals surface area contributed by atoms with Crippen LogP contribution >= 0.6 is 0 Å². The fraction of sp³-hybridized carbons (Fsp3) is 0.321. The van der Waals surface area contributed by atoms with E-state index in [-0.39, 0.29) is 6.61 Å². The third kappa shape index (κ3) is 7.25. The Balaban J connectivity index is 1.92. The molecule has 180 valence electrons. The van der Waals surface area contributed by atoms with Crippen LogP contribution in [0, 0.1) is 0 Å². The van der Waals surface area contributed by atoms with Crippen molar-refractivity contribution in [1.29, 1.82) is 0 Å². The summed E-state index contributed by atoms with van der Waals surface area (Å²) >= 11 is 0. The zero-order valence-electron chi connectivity index (χ0n) is 20.4. The Morgan fingerprint density at radius 1 is 0.824 bits per heavy atom. The van der Waals surface area contributed by atoms with E-state index in [1.165, 1.54) is 0 Å². The first-order valence-corrected chi connectivity index (χ1v) is 11.2. The van der Waals surface area contributed by atoms with Gasteiger partial charge < -0.3 is 24.3 Å². The number of carbonyl (C=O) groups excluding carboxylic acids is 1. The minimum atomic E-state index is -0.897. The zero-order chi connectivity index (χ0) is 24.6. The highest BCUT2D eigenvalue weighted by atomic mass is 16.6. The van der Waals surface area contributed by atoms with Crippen molar-refractivity contribution in [2.75, 3.05) is 19.5 Å². The van der Waals surface area contributed by atoms with Crippen molar-refractivity contribution in [3.8, 4) is 11.5 Å². The Morgan fingerprint density at radius 2 is 1.38 bits per heavy atom. The fourth-order valence-corrected chi connectivity index (χ4v) is 3.43.